The maximum atomic E-state index is 2.31. The van der Waals surface area contributed by atoms with Gasteiger partial charge in [-0.2, -0.15) is 0 Å². The fraction of sp³-hybridized carbons (Fsp3) is 0.625. The predicted octanol–water partition coefficient (Wildman–Crippen LogP) is 0.991. The van der Waals surface area contributed by atoms with E-state index in [0.29, 0.717) is 0 Å². The Morgan fingerprint density at radius 2 is 1.67 bits per heavy atom. The van der Waals surface area contributed by atoms with E-state index in [4.69, 9.17) is 0 Å². The molecule has 1 aromatic carbocycles. The molecule has 2 heteroatoms. The second-order valence-corrected chi connectivity index (χ2v) is 5.57. The van der Waals surface area contributed by atoms with Crippen LogP contribution in [0.15, 0.2) is 30.3 Å². The number of piperidine rings is 1. The molecule has 1 aliphatic rings. The van der Waals surface area contributed by atoms with Crippen LogP contribution in [0.2, 0.25) is 0 Å². The molecule has 0 radical (unpaired) electrons. The number of hydrogen-bond donors (Lipinski definition) is 0. The Bertz CT molecular complexity index is 317. The molecule has 1 aliphatic heterocycles. The summed E-state index contributed by atoms with van der Waals surface area (Å²) in [6.45, 7) is 7.74. The molecule has 0 unspecified atom stereocenters. The van der Waals surface area contributed by atoms with E-state index in [1.54, 1.807) is 0 Å². The number of benzene rings is 1. The SMILES string of the molecule is CCCC[N+]1(Cc2ccccc2)CCCCC1.[Cl-]. The molecule has 1 fully saturated rings. The van der Waals surface area contributed by atoms with Gasteiger partial charge >= 0.3 is 0 Å². The molecule has 0 spiro atoms. The Hall–Kier alpha value is -0.530. The molecule has 0 atom stereocenters. The second-order valence-electron chi connectivity index (χ2n) is 5.57. The van der Waals surface area contributed by atoms with Gasteiger partial charge in [0.15, 0.2) is 0 Å². The van der Waals surface area contributed by atoms with Crippen molar-refractivity contribution in [2.75, 3.05) is 19.6 Å². The highest BCUT2D eigenvalue weighted by Crippen LogP contribution is 2.23. The van der Waals surface area contributed by atoms with Crippen molar-refractivity contribution in [3.05, 3.63) is 35.9 Å². The third-order valence-corrected chi connectivity index (χ3v) is 4.11. The maximum Gasteiger partial charge on any atom is 0.104 e. The van der Waals surface area contributed by atoms with Gasteiger partial charge in [-0.3, -0.25) is 0 Å². The van der Waals surface area contributed by atoms with Crippen molar-refractivity contribution < 1.29 is 16.9 Å². The highest BCUT2D eigenvalue weighted by atomic mass is 35.5. The zero-order valence-electron chi connectivity index (χ0n) is 11.6. The minimum atomic E-state index is 0. The van der Waals surface area contributed by atoms with Crippen molar-refractivity contribution >= 4 is 0 Å². The zero-order valence-corrected chi connectivity index (χ0v) is 12.3. The van der Waals surface area contributed by atoms with Gasteiger partial charge in [0.25, 0.3) is 0 Å². The Morgan fingerprint density at radius 1 is 1.00 bits per heavy atom. The predicted molar refractivity (Wildman–Crippen MR) is 73.8 cm³/mol. The number of quaternary nitrogens is 1. The quantitative estimate of drug-likeness (QED) is 0.698. The smallest absolute Gasteiger partial charge is 0.104 e. The third-order valence-electron chi connectivity index (χ3n) is 4.11. The minimum absolute atomic E-state index is 0. The lowest BCUT2D eigenvalue weighted by molar-refractivity contribution is -0.945. The van der Waals surface area contributed by atoms with Crippen LogP contribution in [0.3, 0.4) is 0 Å². The van der Waals surface area contributed by atoms with Gasteiger partial charge in [0, 0.05) is 5.56 Å². The fourth-order valence-corrected chi connectivity index (χ4v) is 3.11. The Morgan fingerprint density at radius 3 is 2.28 bits per heavy atom. The van der Waals surface area contributed by atoms with Crippen LogP contribution < -0.4 is 12.4 Å². The van der Waals surface area contributed by atoms with E-state index < -0.39 is 0 Å². The van der Waals surface area contributed by atoms with Crippen LogP contribution in [0.5, 0.6) is 0 Å². The number of nitrogens with zero attached hydrogens (tertiary/aromatic N) is 1. The highest BCUT2D eigenvalue weighted by Gasteiger charge is 2.29. The summed E-state index contributed by atoms with van der Waals surface area (Å²) < 4.78 is 1.35. The van der Waals surface area contributed by atoms with E-state index in [9.17, 15) is 0 Å². The Labute approximate surface area is 118 Å². The standard InChI is InChI=1S/C16H26N.ClH/c1-2-3-12-17(13-8-5-9-14-17)15-16-10-6-4-7-11-16;/h4,6-7,10-11H,2-3,5,8-9,12-15H2,1H3;1H/q+1;/p-1. The molecule has 0 amide bonds. The summed E-state index contributed by atoms with van der Waals surface area (Å²) >= 11 is 0. The topological polar surface area (TPSA) is 0 Å². The first-order valence-electron chi connectivity index (χ1n) is 7.24. The van der Waals surface area contributed by atoms with Crippen molar-refractivity contribution in [3.8, 4) is 0 Å². The first-order chi connectivity index (χ1) is 8.35. The van der Waals surface area contributed by atoms with Gasteiger partial charge < -0.3 is 16.9 Å². The molecule has 0 saturated carbocycles. The van der Waals surface area contributed by atoms with E-state index in [-0.39, 0.29) is 12.4 Å². The van der Waals surface area contributed by atoms with Crippen molar-refractivity contribution in [2.24, 2.45) is 0 Å². The van der Waals surface area contributed by atoms with Crippen LogP contribution in [-0.4, -0.2) is 24.1 Å². The summed E-state index contributed by atoms with van der Waals surface area (Å²) in [6, 6.07) is 11.1. The van der Waals surface area contributed by atoms with Crippen LogP contribution in [-0.2, 0) is 6.54 Å². The Balaban J connectivity index is 0.00000162. The number of hydrogen-bond acceptors (Lipinski definition) is 0. The number of likely N-dealkylation sites (tertiary alicyclic amines) is 1. The molecule has 0 bridgehead atoms. The molecule has 2 rings (SSSR count). The average molecular weight is 268 g/mol. The first kappa shape index (κ1) is 15.5. The zero-order chi connectivity index (χ0) is 12.0. The molecular formula is C16H26ClN. The molecule has 0 aromatic heterocycles. The summed E-state index contributed by atoms with van der Waals surface area (Å²) in [7, 11) is 0. The van der Waals surface area contributed by atoms with Gasteiger partial charge in [-0.1, -0.05) is 43.7 Å². The molecule has 102 valence electrons. The lowest BCUT2D eigenvalue weighted by Crippen LogP contribution is -3.00. The monoisotopic (exact) mass is 267 g/mol. The van der Waals surface area contributed by atoms with E-state index >= 15 is 0 Å². The maximum absolute atomic E-state index is 2.31. The number of halogens is 1. The summed E-state index contributed by atoms with van der Waals surface area (Å²) in [6.07, 6.45) is 7.01. The van der Waals surface area contributed by atoms with Crippen molar-refractivity contribution in [1.82, 2.24) is 0 Å². The Kier molecular flexibility index (Phi) is 6.73. The average Bonchev–Trinajstić information content (AvgIpc) is 2.39. The van der Waals surface area contributed by atoms with E-state index in [1.165, 1.54) is 68.3 Å². The molecule has 18 heavy (non-hydrogen) atoms. The number of rotatable bonds is 5. The van der Waals surface area contributed by atoms with Crippen molar-refractivity contribution in [1.29, 1.82) is 0 Å². The minimum Gasteiger partial charge on any atom is -1.00 e. The fourth-order valence-electron chi connectivity index (χ4n) is 3.11. The largest absolute Gasteiger partial charge is 1.00 e. The van der Waals surface area contributed by atoms with E-state index in [1.807, 2.05) is 0 Å². The summed E-state index contributed by atoms with van der Waals surface area (Å²) in [5, 5.41) is 0. The summed E-state index contributed by atoms with van der Waals surface area (Å²) in [5.41, 5.74) is 1.52. The van der Waals surface area contributed by atoms with Gasteiger partial charge in [-0.05, 0) is 25.7 Å². The van der Waals surface area contributed by atoms with Crippen molar-refractivity contribution in [2.45, 2.75) is 45.6 Å². The van der Waals surface area contributed by atoms with Gasteiger partial charge in [0.05, 0.1) is 19.6 Å². The molecular weight excluding hydrogens is 242 g/mol. The molecule has 1 saturated heterocycles. The van der Waals surface area contributed by atoms with Crippen molar-refractivity contribution in [3.63, 3.8) is 0 Å². The molecule has 1 nitrogen and oxygen atoms in total. The third kappa shape index (κ3) is 4.29. The number of unbranched alkanes of at least 4 members (excludes halogenated alkanes) is 1. The molecule has 0 N–H and O–H groups in total. The van der Waals surface area contributed by atoms with Gasteiger partial charge in [0.1, 0.15) is 6.54 Å². The van der Waals surface area contributed by atoms with E-state index in [0.717, 1.165) is 0 Å². The van der Waals surface area contributed by atoms with Gasteiger partial charge in [-0.15, -0.1) is 0 Å². The lowest BCUT2D eigenvalue weighted by atomic mass is 10.0. The summed E-state index contributed by atoms with van der Waals surface area (Å²) in [5.74, 6) is 0. The highest BCUT2D eigenvalue weighted by molar-refractivity contribution is 5.13. The normalized spacial score (nSPS) is 18.1. The lowest BCUT2D eigenvalue weighted by Gasteiger charge is -2.42. The molecule has 0 aliphatic carbocycles. The van der Waals surface area contributed by atoms with E-state index in [2.05, 4.69) is 37.3 Å². The second kappa shape index (κ2) is 7.81. The van der Waals surface area contributed by atoms with Crippen LogP contribution in [0.4, 0.5) is 0 Å². The van der Waals surface area contributed by atoms with Crippen LogP contribution >= 0.6 is 0 Å². The van der Waals surface area contributed by atoms with Gasteiger partial charge in [-0.25, -0.2) is 0 Å². The van der Waals surface area contributed by atoms with Crippen LogP contribution in [0.1, 0.15) is 44.6 Å². The molecule has 1 heterocycles. The summed E-state index contributed by atoms with van der Waals surface area (Å²) in [4.78, 5) is 0. The van der Waals surface area contributed by atoms with Gasteiger partial charge in [0.2, 0.25) is 0 Å². The first-order valence-corrected chi connectivity index (χ1v) is 7.24. The van der Waals surface area contributed by atoms with Crippen LogP contribution in [0.25, 0.3) is 0 Å². The molecule has 1 aromatic rings. The van der Waals surface area contributed by atoms with Crippen LogP contribution in [0, 0.1) is 0 Å².